The fraction of sp³-hybridized carbons (Fsp3) is 0.304. The summed E-state index contributed by atoms with van der Waals surface area (Å²) in [7, 11) is 0. The second kappa shape index (κ2) is 8.59. The molecule has 0 radical (unpaired) electrons. The van der Waals surface area contributed by atoms with Crippen LogP contribution in [0.25, 0.3) is 22.3 Å². The first-order valence-electron chi connectivity index (χ1n) is 10.5. The Morgan fingerprint density at radius 2 is 2.03 bits per heavy atom. The van der Waals surface area contributed by atoms with Gasteiger partial charge in [-0.1, -0.05) is 30.3 Å². The lowest BCUT2D eigenvalue weighted by molar-refractivity contribution is 0.392. The van der Waals surface area contributed by atoms with Gasteiger partial charge < -0.3 is 10.6 Å². The van der Waals surface area contributed by atoms with Crippen molar-refractivity contribution in [3.05, 3.63) is 66.7 Å². The molecule has 4 heterocycles. The van der Waals surface area contributed by atoms with Crippen LogP contribution in [0.1, 0.15) is 18.4 Å². The van der Waals surface area contributed by atoms with Crippen LogP contribution < -0.4 is 10.6 Å². The molecule has 152 valence electrons. The summed E-state index contributed by atoms with van der Waals surface area (Å²) in [5, 5.41) is 11.5. The average Bonchev–Trinajstić information content (AvgIpc) is 3.27. The van der Waals surface area contributed by atoms with E-state index < -0.39 is 0 Å². The predicted octanol–water partition coefficient (Wildman–Crippen LogP) is 3.35. The van der Waals surface area contributed by atoms with Crippen LogP contribution in [0.4, 0.5) is 5.82 Å². The van der Waals surface area contributed by atoms with E-state index in [0.717, 1.165) is 54.3 Å². The maximum atomic E-state index is 4.89. The van der Waals surface area contributed by atoms with Gasteiger partial charge in [-0.2, -0.15) is 5.10 Å². The van der Waals surface area contributed by atoms with Crippen LogP contribution in [0, 0.1) is 5.92 Å². The van der Waals surface area contributed by atoms with Crippen LogP contribution in [0.5, 0.6) is 0 Å². The molecule has 0 saturated carbocycles. The van der Waals surface area contributed by atoms with Crippen molar-refractivity contribution in [1.82, 2.24) is 30.0 Å². The molecule has 1 aromatic carbocycles. The van der Waals surface area contributed by atoms with Gasteiger partial charge in [0.2, 0.25) is 0 Å². The topological polar surface area (TPSA) is 80.5 Å². The second-order valence-electron chi connectivity index (χ2n) is 7.79. The number of anilines is 1. The van der Waals surface area contributed by atoms with Crippen LogP contribution in [0.15, 0.2) is 61.2 Å². The standard InChI is InChI=1S/C23H25N7/c1-2-5-17(6-3-1)15-30-16-19(14-28-30)20-11-21-22(26-10-9-25-21)23(29-20)27-13-18-7-4-8-24-12-18/h1-3,5-6,9-11,14,16,18,24H,4,7-8,12-13,15H2,(H,27,29)/t18-/m0/s1. The average molecular weight is 400 g/mol. The van der Waals surface area contributed by atoms with Gasteiger partial charge in [-0.15, -0.1) is 0 Å². The van der Waals surface area contributed by atoms with E-state index in [4.69, 9.17) is 4.98 Å². The Balaban J connectivity index is 1.41. The number of pyridine rings is 1. The lowest BCUT2D eigenvalue weighted by Gasteiger charge is -2.23. The van der Waals surface area contributed by atoms with Gasteiger partial charge in [-0.05, 0) is 43.5 Å². The summed E-state index contributed by atoms with van der Waals surface area (Å²) in [5.41, 5.74) is 4.68. The number of nitrogens with zero attached hydrogens (tertiary/aromatic N) is 5. The van der Waals surface area contributed by atoms with Gasteiger partial charge in [0.15, 0.2) is 5.82 Å². The zero-order chi connectivity index (χ0) is 20.2. The smallest absolute Gasteiger partial charge is 0.154 e. The van der Waals surface area contributed by atoms with Gasteiger partial charge in [0.1, 0.15) is 5.52 Å². The third kappa shape index (κ3) is 4.16. The summed E-state index contributed by atoms with van der Waals surface area (Å²) in [4.78, 5) is 13.9. The van der Waals surface area contributed by atoms with Gasteiger partial charge in [0, 0.05) is 30.7 Å². The van der Waals surface area contributed by atoms with E-state index >= 15 is 0 Å². The third-order valence-corrected chi connectivity index (χ3v) is 5.53. The van der Waals surface area contributed by atoms with Crippen LogP contribution in [-0.4, -0.2) is 44.4 Å². The molecule has 0 spiro atoms. The van der Waals surface area contributed by atoms with E-state index in [2.05, 4.69) is 37.8 Å². The van der Waals surface area contributed by atoms with Crippen LogP contribution in [0.3, 0.4) is 0 Å². The van der Waals surface area contributed by atoms with Crippen molar-refractivity contribution in [2.75, 3.05) is 25.0 Å². The largest absolute Gasteiger partial charge is 0.368 e. The summed E-state index contributed by atoms with van der Waals surface area (Å²) in [6, 6.07) is 12.3. The lowest BCUT2D eigenvalue weighted by Crippen LogP contribution is -2.33. The third-order valence-electron chi connectivity index (χ3n) is 5.53. The normalized spacial score (nSPS) is 16.6. The van der Waals surface area contributed by atoms with Crippen molar-refractivity contribution >= 4 is 16.9 Å². The lowest BCUT2D eigenvalue weighted by atomic mass is 10.00. The first kappa shape index (κ1) is 18.7. The van der Waals surface area contributed by atoms with Gasteiger partial charge in [0.25, 0.3) is 0 Å². The van der Waals surface area contributed by atoms with E-state index in [-0.39, 0.29) is 0 Å². The SMILES string of the molecule is c1ccc(Cn2cc(-c3cc4nccnc4c(NC[C@H]4CCCNC4)n3)cn2)cc1. The molecule has 5 rings (SSSR count). The molecule has 7 nitrogen and oxygen atoms in total. The zero-order valence-electron chi connectivity index (χ0n) is 16.8. The Labute approximate surface area is 175 Å². The Morgan fingerprint density at radius 1 is 1.13 bits per heavy atom. The number of hydrogen-bond donors (Lipinski definition) is 2. The van der Waals surface area contributed by atoms with E-state index in [9.17, 15) is 0 Å². The van der Waals surface area contributed by atoms with Crippen molar-refractivity contribution < 1.29 is 0 Å². The molecule has 0 unspecified atom stereocenters. The summed E-state index contributed by atoms with van der Waals surface area (Å²) in [6.07, 6.45) is 9.79. The van der Waals surface area contributed by atoms with Crippen LogP contribution >= 0.6 is 0 Å². The monoisotopic (exact) mass is 399 g/mol. The summed E-state index contributed by atoms with van der Waals surface area (Å²) in [5.74, 6) is 1.39. The molecular formula is C23H25N7. The van der Waals surface area contributed by atoms with Crippen molar-refractivity contribution in [2.45, 2.75) is 19.4 Å². The quantitative estimate of drug-likeness (QED) is 0.518. The van der Waals surface area contributed by atoms with Crippen LogP contribution in [-0.2, 0) is 6.54 Å². The fourth-order valence-corrected chi connectivity index (χ4v) is 3.94. The number of aromatic nitrogens is 5. The highest BCUT2D eigenvalue weighted by atomic mass is 15.3. The Kier molecular flexibility index (Phi) is 5.35. The molecule has 1 fully saturated rings. The molecule has 2 N–H and O–H groups in total. The Hall–Kier alpha value is -3.32. The van der Waals surface area contributed by atoms with Gasteiger partial charge in [0.05, 0.1) is 24.0 Å². The highest BCUT2D eigenvalue weighted by Gasteiger charge is 2.15. The second-order valence-corrected chi connectivity index (χ2v) is 7.79. The van der Waals surface area contributed by atoms with Crippen molar-refractivity contribution in [1.29, 1.82) is 0 Å². The minimum atomic E-state index is 0.601. The van der Waals surface area contributed by atoms with E-state index in [0.29, 0.717) is 5.92 Å². The van der Waals surface area contributed by atoms with E-state index in [1.165, 1.54) is 18.4 Å². The van der Waals surface area contributed by atoms with Crippen LogP contribution in [0.2, 0.25) is 0 Å². The number of nitrogens with one attached hydrogen (secondary N) is 2. The number of fused-ring (bicyclic) bond motifs is 1. The van der Waals surface area contributed by atoms with Gasteiger partial charge in [-0.3, -0.25) is 9.67 Å². The molecule has 1 aliphatic heterocycles. The molecule has 1 saturated heterocycles. The van der Waals surface area contributed by atoms with Crippen molar-refractivity contribution in [2.24, 2.45) is 5.92 Å². The molecule has 1 aliphatic rings. The number of piperidine rings is 1. The minimum Gasteiger partial charge on any atom is -0.368 e. The maximum Gasteiger partial charge on any atom is 0.154 e. The zero-order valence-corrected chi connectivity index (χ0v) is 16.8. The number of benzene rings is 1. The van der Waals surface area contributed by atoms with Crippen molar-refractivity contribution in [3.8, 4) is 11.3 Å². The first-order chi connectivity index (χ1) is 14.8. The van der Waals surface area contributed by atoms with E-state index in [1.54, 1.807) is 12.4 Å². The summed E-state index contributed by atoms with van der Waals surface area (Å²) in [6.45, 7) is 3.77. The van der Waals surface area contributed by atoms with Gasteiger partial charge in [-0.25, -0.2) is 9.97 Å². The molecular weight excluding hydrogens is 374 g/mol. The predicted molar refractivity (Wildman–Crippen MR) is 118 cm³/mol. The Morgan fingerprint density at radius 3 is 2.90 bits per heavy atom. The molecule has 4 aromatic rings. The van der Waals surface area contributed by atoms with Gasteiger partial charge >= 0.3 is 0 Å². The Bertz CT molecular complexity index is 1120. The highest BCUT2D eigenvalue weighted by Crippen LogP contribution is 2.26. The molecule has 30 heavy (non-hydrogen) atoms. The minimum absolute atomic E-state index is 0.601. The summed E-state index contributed by atoms with van der Waals surface area (Å²) < 4.78 is 1.94. The molecule has 3 aromatic heterocycles. The number of rotatable bonds is 6. The molecule has 1 atom stereocenters. The summed E-state index contributed by atoms with van der Waals surface area (Å²) >= 11 is 0. The highest BCUT2D eigenvalue weighted by molar-refractivity contribution is 5.88. The van der Waals surface area contributed by atoms with E-state index in [1.807, 2.05) is 41.3 Å². The molecule has 0 bridgehead atoms. The molecule has 0 aliphatic carbocycles. The molecule has 7 heteroatoms. The number of hydrogen-bond acceptors (Lipinski definition) is 6. The fourth-order valence-electron chi connectivity index (χ4n) is 3.94. The first-order valence-corrected chi connectivity index (χ1v) is 10.5. The maximum absolute atomic E-state index is 4.89. The van der Waals surface area contributed by atoms with Crippen molar-refractivity contribution in [3.63, 3.8) is 0 Å². The molecule has 0 amide bonds.